The van der Waals surface area contributed by atoms with E-state index < -0.39 is 0 Å². The van der Waals surface area contributed by atoms with E-state index in [2.05, 4.69) is 60.1 Å². The first kappa shape index (κ1) is 19.4. The molecule has 0 atom stereocenters. The van der Waals surface area contributed by atoms with Crippen LogP contribution < -0.4 is 5.32 Å². The minimum atomic E-state index is 0.710. The molecule has 4 nitrogen and oxygen atoms in total. The molecule has 0 aromatic rings. The van der Waals surface area contributed by atoms with Crippen molar-refractivity contribution >= 4 is 12.6 Å². The van der Waals surface area contributed by atoms with Gasteiger partial charge in [-0.05, 0) is 64.1 Å². The van der Waals surface area contributed by atoms with Gasteiger partial charge in [-0.15, -0.1) is 0 Å². The molecule has 0 bridgehead atoms. The quantitative estimate of drug-likeness (QED) is 0.638. The molecule has 0 unspecified atom stereocenters. The van der Waals surface area contributed by atoms with E-state index in [9.17, 15) is 0 Å². The maximum atomic E-state index is 4.82. The van der Waals surface area contributed by atoms with Crippen molar-refractivity contribution in [2.45, 2.75) is 46.5 Å². The highest BCUT2D eigenvalue weighted by molar-refractivity contribution is 6.05. The molecule has 1 heterocycles. The van der Waals surface area contributed by atoms with Gasteiger partial charge >= 0.3 is 0 Å². The molecule has 0 fully saturated rings. The number of hydrogen-bond donors (Lipinski definition) is 1. The number of aliphatic imine (C=N–C) groups is 2. The van der Waals surface area contributed by atoms with Crippen LogP contribution in [-0.4, -0.2) is 43.6 Å². The summed E-state index contributed by atoms with van der Waals surface area (Å²) in [5, 5.41) is 3.52. The molecule has 1 N–H and O–H groups in total. The van der Waals surface area contributed by atoms with Gasteiger partial charge in [0.15, 0.2) is 0 Å². The number of rotatable bonds is 9. The van der Waals surface area contributed by atoms with Gasteiger partial charge in [0.05, 0.1) is 6.54 Å². The van der Waals surface area contributed by atoms with Crippen LogP contribution in [0.2, 0.25) is 0 Å². The first-order chi connectivity index (χ1) is 12.2. The Bertz CT molecular complexity index is 614. The Labute approximate surface area is 152 Å². The van der Waals surface area contributed by atoms with E-state index in [0.717, 1.165) is 49.6 Å². The molecule has 25 heavy (non-hydrogen) atoms. The van der Waals surface area contributed by atoms with Gasteiger partial charge in [-0.3, -0.25) is 14.9 Å². The van der Waals surface area contributed by atoms with Crippen LogP contribution in [0.25, 0.3) is 0 Å². The molecular formula is C21H32N4. The maximum Gasteiger partial charge on any atom is 0.134 e. The first-order valence-electron chi connectivity index (χ1n) is 9.45. The van der Waals surface area contributed by atoms with Crippen LogP contribution in [0, 0.1) is 0 Å². The molecular weight excluding hydrogens is 308 g/mol. The summed E-state index contributed by atoms with van der Waals surface area (Å²) in [7, 11) is 0. The smallest absolute Gasteiger partial charge is 0.134 e. The average Bonchev–Trinajstić information content (AvgIpc) is 3.03. The molecule has 0 aromatic heterocycles. The van der Waals surface area contributed by atoms with Gasteiger partial charge in [-0.1, -0.05) is 32.1 Å². The van der Waals surface area contributed by atoms with Crippen LogP contribution >= 0.6 is 0 Å². The number of allylic oxidation sites excluding steroid dienone is 3. The van der Waals surface area contributed by atoms with E-state index >= 15 is 0 Å². The fraction of sp³-hybridized carbons (Fsp3) is 0.524. The van der Waals surface area contributed by atoms with Gasteiger partial charge in [0.25, 0.3) is 0 Å². The highest BCUT2D eigenvalue weighted by Gasteiger charge is 2.20. The number of nitrogens with zero attached hydrogens (tertiary/aromatic N) is 3. The van der Waals surface area contributed by atoms with Gasteiger partial charge in [0.1, 0.15) is 5.84 Å². The van der Waals surface area contributed by atoms with Crippen LogP contribution in [0.5, 0.6) is 0 Å². The Kier molecular flexibility index (Phi) is 7.86. The lowest BCUT2D eigenvalue weighted by molar-refractivity contribution is 0.295. The van der Waals surface area contributed by atoms with Crippen molar-refractivity contribution in [3.8, 4) is 0 Å². The van der Waals surface area contributed by atoms with Crippen molar-refractivity contribution in [1.29, 1.82) is 0 Å². The SMILES string of the molecule is C=N/C(C)=C1/C=C(CN(CCC)CCC)NC1=NCC1=CCCC=C1. The monoisotopic (exact) mass is 340 g/mol. The Hall–Kier alpha value is -1.94. The van der Waals surface area contributed by atoms with E-state index in [1.807, 2.05) is 6.92 Å². The van der Waals surface area contributed by atoms with Crippen molar-refractivity contribution in [2.75, 3.05) is 26.2 Å². The number of amidine groups is 1. The zero-order chi connectivity index (χ0) is 18.1. The zero-order valence-electron chi connectivity index (χ0n) is 16.0. The third-order valence-electron chi connectivity index (χ3n) is 4.44. The first-order valence-corrected chi connectivity index (χ1v) is 9.45. The molecule has 2 aliphatic rings. The summed E-state index contributed by atoms with van der Waals surface area (Å²) in [6.07, 6.45) is 13.5. The van der Waals surface area contributed by atoms with Crippen molar-refractivity contribution < 1.29 is 0 Å². The van der Waals surface area contributed by atoms with Gasteiger partial charge in [-0.2, -0.15) is 0 Å². The standard InChI is InChI=1S/C21H32N4/c1-5-12-25(13-6-2)16-19-14-20(17(3)22-4)21(24-19)23-15-18-10-8-7-9-11-18/h8,10-11,14H,4-7,9,12-13,15-16H2,1-3H3,(H,23,24)/b20-17-. The minimum Gasteiger partial charge on any atom is -0.342 e. The van der Waals surface area contributed by atoms with Crippen molar-refractivity contribution in [1.82, 2.24) is 10.2 Å². The lowest BCUT2D eigenvalue weighted by atomic mass is 10.1. The average molecular weight is 341 g/mol. The Morgan fingerprint density at radius 2 is 2.00 bits per heavy atom. The number of nitrogens with one attached hydrogen (secondary N) is 1. The van der Waals surface area contributed by atoms with Crippen LogP contribution in [0.1, 0.15) is 46.5 Å². The van der Waals surface area contributed by atoms with Crippen molar-refractivity contribution in [2.24, 2.45) is 9.98 Å². The van der Waals surface area contributed by atoms with Crippen LogP contribution in [0.4, 0.5) is 0 Å². The lowest BCUT2D eigenvalue weighted by Gasteiger charge is -2.21. The predicted molar refractivity (Wildman–Crippen MR) is 109 cm³/mol. The molecule has 4 heteroatoms. The van der Waals surface area contributed by atoms with E-state index in [0.29, 0.717) is 6.54 Å². The summed E-state index contributed by atoms with van der Waals surface area (Å²) in [4.78, 5) is 11.4. The van der Waals surface area contributed by atoms with Crippen LogP contribution in [-0.2, 0) is 0 Å². The molecule has 1 aliphatic heterocycles. The molecule has 0 aromatic carbocycles. The Morgan fingerprint density at radius 1 is 1.24 bits per heavy atom. The predicted octanol–water partition coefficient (Wildman–Crippen LogP) is 4.25. The fourth-order valence-electron chi connectivity index (χ4n) is 3.17. The molecule has 2 rings (SSSR count). The summed E-state index contributed by atoms with van der Waals surface area (Å²) in [6.45, 7) is 14.0. The summed E-state index contributed by atoms with van der Waals surface area (Å²) >= 11 is 0. The molecule has 0 saturated heterocycles. The third kappa shape index (κ3) is 5.82. The van der Waals surface area contributed by atoms with Gasteiger partial charge in [0.2, 0.25) is 0 Å². The van der Waals surface area contributed by atoms with Crippen LogP contribution in [0.3, 0.4) is 0 Å². The largest absolute Gasteiger partial charge is 0.342 e. The molecule has 1 aliphatic carbocycles. The van der Waals surface area contributed by atoms with Crippen LogP contribution in [0.15, 0.2) is 56.8 Å². The minimum absolute atomic E-state index is 0.710. The topological polar surface area (TPSA) is 40.0 Å². The normalized spacial score (nSPS) is 20.6. The second-order valence-electron chi connectivity index (χ2n) is 6.65. The Morgan fingerprint density at radius 3 is 2.60 bits per heavy atom. The third-order valence-corrected chi connectivity index (χ3v) is 4.44. The molecule has 136 valence electrons. The molecule has 0 radical (unpaired) electrons. The van der Waals surface area contributed by atoms with E-state index in [1.165, 1.54) is 24.1 Å². The molecule has 0 saturated carbocycles. The van der Waals surface area contributed by atoms with Crippen molar-refractivity contribution in [3.05, 3.63) is 46.8 Å². The summed E-state index contributed by atoms with van der Waals surface area (Å²) in [5.41, 5.74) is 4.48. The number of hydrogen-bond acceptors (Lipinski definition) is 3. The summed E-state index contributed by atoms with van der Waals surface area (Å²) in [5.74, 6) is 0.924. The van der Waals surface area contributed by atoms with E-state index in [-0.39, 0.29) is 0 Å². The van der Waals surface area contributed by atoms with Gasteiger partial charge < -0.3 is 5.32 Å². The summed E-state index contributed by atoms with van der Waals surface area (Å²) in [6, 6.07) is 0. The lowest BCUT2D eigenvalue weighted by Crippen LogP contribution is -2.32. The van der Waals surface area contributed by atoms with E-state index in [1.54, 1.807) is 0 Å². The second-order valence-corrected chi connectivity index (χ2v) is 6.65. The van der Waals surface area contributed by atoms with Gasteiger partial charge in [0, 0.05) is 23.5 Å². The van der Waals surface area contributed by atoms with Gasteiger partial charge in [-0.25, -0.2) is 0 Å². The highest BCUT2D eigenvalue weighted by Crippen LogP contribution is 2.19. The molecule has 0 amide bonds. The maximum absolute atomic E-state index is 4.82. The van der Waals surface area contributed by atoms with E-state index in [4.69, 9.17) is 4.99 Å². The fourth-order valence-corrected chi connectivity index (χ4v) is 3.17. The Balaban J connectivity index is 2.12. The highest BCUT2D eigenvalue weighted by atomic mass is 15.2. The summed E-state index contributed by atoms with van der Waals surface area (Å²) < 4.78 is 0. The molecule has 0 spiro atoms. The zero-order valence-corrected chi connectivity index (χ0v) is 16.0. The van der Waals surface area contributed by atoms with Crippen molar-refractivity contribution in [3.63, 3.8) is 0 Å². The second kappa shape index (κ2) is 10.1.